The molecule has 0 unspecified atom stereocenters. The second-order valence-corrected chi connectivity index (χ2v) is 3.27. The first-order valence-corrected chi connectivity index (χ1v) is 4.64. The molecular weight excluding hydrogens is 200 g/mol. The van der Waals surface area contributed by atoms with Gasteiger partial charge in [-0.3, -0.25) is 4.63 Å². The Kier molecular flexibility index (Phi) is 1.67. The third kappa shape index (κ3) is 1.25. The number of benzene rings is 1. The molecular formula is C9H8N2O4. The predicted molar refractivity (Wildman–Crippen MR) is 48.6 cm³/mol. The number of hydrogen-bond acceptors (Lipinski definition) is 5. The summed E-state index contributed by atoms with van der Waals surface area (Å²) in [5.41, 5.74) is 0.813. The molecule has 15 heavy (non-hydrogen) atoms. The van der Waals surface area contributed by atoms with Gasteiger partial charge in [0.15, 0.2) is 11.5 Å². The van der Waals surface area contributed by atoms with Crippen LogP contribution in [-0.4, -0.2) is 18.4 Å². The highest BCUT2D eigenvalue weighted by Gasteiger charge is 2.18. The van der Waals surface area contributed by atoms with Crippen LogP contribution >= 0.6 is 0 Å². The summed E-state index contributed by atoms with van der Waals surface area (Å²) in [6.45, 7) is 1.19. The van der Waals surface area contributed by atoms with Gasteiger partial charge in [-0.2, -0.15) is 0 Å². The number of nitrogens with zero attached hydrogens (tertiary/aromatic N) is 2. The van der Waals surface area contributed by atoms with Crippen molar-refractivity contribution in [3.8, 4) is 11.5 Å². The Balaban J connectivity index is 2.22. The Morgan fingerprint density at radius 2 is 1.93 bits per heavy atom. The van der Waals surface area contributed by atoms with Crippen molar-refractivity contribution in [2.24, 2.45) is 0 Å². The van der Waals surface area contributed by atoms with Crippen LogP contribution in [0.4, 0.5) is 0 Å². The largest absolute Gasteiger partial charge is 0.489 e. The van der Waals surface area contributed by atoms with Crippen molar-refractivity contribution in [1.82, 2.24) is 5.16 Å². The maximum atomic E-state index is 11.1. The highest BCUT2D eigenvalue weighted by Crippen LogP contribution is 2.32. The van der Waals surface area contributed by atoms with Crippen LogP contribution in [0.1, 0.15) is 6.42 Å². The molecule has 1 aliphatic rings. The van der Waals surface area contributed by atoms with Crippen molar-refractivity contribution >= 4 is 11.0 Å². The quantitative estimate of drug-likeness (QED) is 0.593. The van der Waals surface area contributed by atoms with Gasteiger partial charge in [-0.05, 0) is 4.90 Å². The Bertz CT molecular complexity index is 508. The monoisotopic (exact) mass is 208 g/mol. The summed E-state index contributed by atoms with van der Waals surface area (Å²) >= 11 is 0. The smallest absolute Gasteiger partial charge is 0.252 e. The fraction of sp³-hybridized carbons (Fsp3) is 0.333. The minimum Gasteiger partial charge on any atom is -0.489 e. The van der Waals surface area contributed by atoms with Crippen LogP contribution in [0.2, 0.25) is 0 Å². The Labute approximate surface area is 84.5 Å². The van der Waals surface area contributed by atoms with Crippen LogP contribution < -0.4 is 14.4 Å². The van der Waals surface area contributed by atoms with E-state index in [1.165, 1.54) is 0 Å². The Morgan fingerprint density at radius 1 is 1.20 bits per heavy atom. The lowest BCUT2D eigenvalue weighted by Gasteiger charge is -2.04. The molecule has 0 aliphatic carbocycles. The molecule has 78 valence electrons. The molecule has 6 nitrogen and oxygen atoms in total. The van der Waals surface area contributed by atoms with E-state index < -0.39 is 0 Å². The topological polar surface area (TPSA) is 71.4 Å². The van der Waals surface area contributed by atoms with E-state index >= 15 is 0 Å². The van der Waals surface area contributed by atoms with Gasteiger partial charge in [0.1, 0.15) is 0 Å². The lowest BCUT2D eigenvalue weighted by atomic mass is 10.3. The van der Waals surface area contributed by atoms with Gasteiger partial charge in [-0.25, -0.2) is 0 Å². The molecule has 0 radical (unpaired) electrons. The van der Waals surface area contributed by atoms with E-state index in [2.05, 4.69) is 9.79 Å². The zero-order valence-corrected chi connectivity index (χ0v) is 7.80. The van der Waals surface area contributed by atoms with E-state index in [0.717, 1.165) is 6.42 Å². The van der Waals surface area contributed by atoms with E-state index in [1.54, 1.807) is 12.1 Å². The molecule has 2 heterocycles. The standard InChI is InChI=1S/C9H8N2O4/c12-11-7-5-9-8(4-6(7)10-15-11)13-2-1-3-14-9/h4-5H,1-3H2. The van der Waals surface area contributed by atoms with Crippen molar-refractivity contribution in [2.75, 3.05) is 13.2 Å². The maximum Gasteiger partial charge on any atom is 0.252 e. The molecule has 0 saturated carbocycles. The maximum absolute atomic E-state index is 11.1. The van der Waals surface area contributed by atoms with E-state index in [0.29, 0.717) is 40.6 Å². The van der Waals surface area contributed by atoms with Crippen molar-refractivity contribution in [1.29, 1.82) is 0 Å². The predicted octanol–water partition coefficient (Wildman–Crippen LogP) is 0.622. The zero-order valence-electron chi connectivity index (χ0n) is 7.80. The summed E-state index contributed by atoms with van der Waals surface area (Å²) in [6.07, 6.45) is 0.827. The van der Waals surface area contributed by atoms with Crippen molar-refractivity contribution in [3.05, 3.63) is 17.3 Å². The van der Waals surface area contributed by atoms with Gasteiger partial charge >= 0.3 is 0 Å². The molecule has 0 N–H and O–H groups in total. The molecule has 2 aromatic rings. The fourth-order valence-corrected chi connectivity index (χ4v) is 1.53. The van der Waals surface area contributed by atoms with Crippen molar-refractivity contribution in [2.45, 2.75) is 6.42 Å². The summed E-state index contributed by atoms with van der Waals surface area (Å²) < 4.78 is 15.3. The van der Waals surface area contributed by atoms with Gasteiger partial charge in [0.05, 0.1) is 13.2 Å². The molecule has 0 spiro atoms. The van der Waals surface area contributed by atoms with Crippen molar-refractivity contribution in [3.63, 3.8) is 0 Å². The molecule has 0 saturated heterocycles. The second kappa shape index (κ2) is 3.01. The van der Waals surface area contributed by atoms with Crippen LogP contribution in [0, 0.1) is 5.21 Å². The third-order valence-corrected chi connectivity index (χ3v) is 2.25. The molecule has 0 amide bonds. The minimum atomic E-state index is 0.347. The molecule has 3 rings (SSSR count). The van der Waals surface area contributed by atoms with E-state index in [1.807, 2.05) is 0 Å². The second-order valence-electron chi connectivity index (χ2n) is 3.27. The van der Waals surface area contributed by atoms with Crippen LogP contribution in [0.25, 0.3) is 11.0 Å². The lowest BCUT2D eigenvalue weighted by Crippen LogP contribution is -2.22. The van der Waals surface area contributed by atoms with Crippen LogP contribution in [0.3, 0.4) is 0 Å². The summed E-state index contributed by atoms with van der Waals surface area (Å²) in [5, 5.41) is 14.7. The van der Waals surface area contributed by atoms with Gasteiger partial charge < -0.3 is 14.7 Å². The summed E-state index contributed by atoms with van der Waals surface area (Å²) in [5.74, 6) is 1.17. The fourth-order valence-electron chi connectivity index (χ4n) is 1.53. The average Bonchev–Trinajstić information content (AvgIpc) is 2.49. The van der Waals surface area contributed by atoms with Gasteiger partial charge in [0.2, 0.25) is 5.52 Å². The van der Waals surface area contributed by atoms with Crippen LogP contribution in [0.15, 0.2) is 16.8 Å². The molecule has 1 aromatic carbocycles. The average molecular weight is 208 g/mol. The normalized spacial score (nSPS) is 15.2. The van der Waals surface area contributed by atoms with E-state index in [9.17, 15) is 5.21 Å². The first-order chi connectivity index (χ1) is 7.34. The Hall–Kier alpha value is -1.98. The third-order valence-electron chi connectivity index (χ3n) is 2.25. The summed E-state index contributed by atoms with van der Waals surface area (Å²) in [6, 6.07) is 3.23. The zero-order chi connectivity index (χ0) is 10.3. The molecule has 0 fully saturated rings. The van der Waals surface area contributed by atoms with Crippen LogP contribution in [-0.2, 0) is 0 Å². The minimum absolute atomic E-state index is 0.347. The summed E-state index contributed by atoms with van der Waals surface area (Å²) in [7, 11) is 0. The van der Waals surface area contributed by atoms with Gasteiger partial charge in [-0.1, -0.05) is 0 Å². The Morgan fingerprint density at radius 3 is 2.73 bits per heavy atom. The van der Waals surface area contributed by atoms with E-state index in [-0.39, 0.29) is 0 Å². The number of aromatic nitrogens is 2. The van der Waals surface area contributed by atoms with Crippen molar-refractivity contribution < 1.29 is 19.0 Å². The van der Waals surface area contributed by atoms with Crippen LogP contribution in [0.5, 0.6) is 11.5 Å². The molecule has 1 aliphatic heterocycles. The number of ether oxygens (including phenoxy) is 2. The number of hydrogen-bond donors (Lipinski definition) is 0. The van der Waals surface area contributed by atoms with Gasteiger partial charge in [0.25, 0.3) is 5.52 Å². The first kappa shape index (κ1) is 8.34. The SMILES string of the molecule is [O-][n+]1onc2cc3c(cc21)OCCCO3. The summed E-state index contributed by atoms with van der Waals surface area (Å²) in [4.78, 5) is 0.351. The molecule has 1 aromatic heterocycles. The number of fused-ring (bicyclic) bond motifs is 2. The van der Waals surface area contributed by atoms with Gasteiger partial charge in [-0.15, -0.1) is 0 Å². The van der Waals surface area contributed by atoms with Gasteiger partial charge in [0, 0.05) is 23.7 Å². The highest BCUT2D eigenvalue weighted by molar-refractivity contribution is 5.75. The molecule has 0 bridgehead atoms. The highest BCUT2D eigenvalue weighted by atomic mass is 16.8. The molecule has 0 atom stereocenters. The van der Waals surface area contributed by atoms with E-state index in [4.69, 9.17) is 9.47 Å². The first-order valence-electron chi connectivity index (χ1n) is 4.64. The molecule has 6 heteroatoms. The lowest BCUT2D eigenvalue weighted by molar-refractivity contribution is -0.782. The number of rotatable bonds is 0.